The molecule has 124 valence electrons. The third kappa shape index (κ3) is 3.99. The quantitative estimate of drug-likeness (QED) is 0.906. The zero-order valence-corrected chi connectivity index (χ0v) is 14.7. The number of sulfonamides is 1. The lowest BCUT2D eigenvalue weighted by atomic mass is 10.4. The van der Waals surface area contributed by atoms with E-state index in [1.54, 1.807) is 11.0 Å². The summed E-state index contributed by atoms with van der Waals surface area (Å²) in [5.74, 6) is 0. The van der Waals surface area contributed by atoms with Gasteiger partial charge in [-0.05, 0) is 31.9 Å². The van der Waals surface area contributed by atoms with Crippen LogP contribution in [0.3, 0.4) is 0 Å². The summed E-state index contributed by atoms with van der Waals surface area (Å²) in [4.78, 5) is 14.7. The van der Waals surface area contributed by atoms with Gasteiger partial charge in [0.2, 0.25) is 0 Å². The maximum atomic E-state index is 12.6. The predicted octanol–water partition coefficient (Wildman–Crippen LogP) is 1.87. The monoisotopic (exact) mass is 345 g/mol. The van der Waals surface area contributed by atoms with E-state index < -0.39 is 10.0 Å². The molecule has 0 saturated carbocycles. The van der Waals surface area contributed by atoms with E-state index in [0.29, 0.717) is 43.4 Å². The van der Waals surface area contributed by atoms with E-state index in [4.69, 9.17) is 0 Å². The molecule has 1 aromatic heterocycles. The van der Waals surface area contributed by atoms with Crippen LogP contribution in [0.4, 0.5) is 4.79 Å². The SMILES string of the molecule is CCCNC(=O)N1CCCN(S(=O)(=O)c2ccc(C)s2)CC1. The summed E-state index contributed by atoms with van der Waals surface area (Å²) in [6, 6.07) is 3.37. The predicted molar refractivity (Wildman–Crippen MR) is 87.7 cm³/mol. The second-order valence-electron chi connectivity index (χ2n) is 5.34. The number of hydrogen-bond acceptors (Lipinski definition) is 4. The first-order valence-electron chi connectivity index (χ1n) is 7.54. The van der Waals surface area contributed by atoms with Crippen molar-refractivity contribution in [3.63, 3.8) is 0 Å². The van der Waals surface area contributed by atoms with Crippen LogP contribution in [0.2, 0.25) is 0 Å². The second-order valence-corrected chi connectivity index (χ2v) is 8.79. The normalized spacial score (nSPS) is 17.3. The van der Waals surface area contributed by atoms with Crippen molar-refractivity contribution in [2.24, 2.45) is 0 Å². The molecule has 1 aliphatic rings. The van der Waals surface area contributed by atoms with Gasteiger partial charge in [0, 0.05) is 37.6 Å². The molecule has 1 N–H and O–H groups in total. The Bertz CT molecular complexity index is 613. The van der Waals surface area contributed by atoms with Crippen LogP contribution in [-0.2, 0) is 10.0 Å². The lowest BCUT2D eigenvalue weighted by Crippen LogP contribution is -2.42. The fourth-order valence-electron chi connectivity index (χ4n) is 2.36. The van der Waals surface area contributed by atoms with E-state index in [9.17, 15) is 13.2 Å². The van der Waals surface area contributed by atoms with Gasteiger partial charge in [-0.15, -0.1) is 11.3 Å². The van der Waals surface area contributed by atoms with Crippen LogP contribution in [0.15, 0.2) is 16.3 Å². The number of nitrogens with one attached hydrogen (secondary N) is 1. The van der Waals surface area contributed by atoms with Crippen molar-refractivity contribution < 1.29 is 13.2 Å². The lowest BCUT2D eigenvalue weighted by molar-refractivity contribution is 0.200. The molecule has 22 heavy (non-hydrogen) atoms. The van der Waals surface area contributed by atoms with Crippen LogP contribution in [0.1, 0.15) is 24.6 Å². The Kier molecular flexibility index (Phi) is 5.82. The summed E-state index contributed by atoms with van der Waals surface area (Å²) in [6.07, 6.45) is 1.54. The number of hydrogen-bond donors (Lipinski definition) is 1. The molecular weight excluding hydrogens is 322 g/mol. The van der Waals surface area contributed by atoms with Crippen LogP contribution in [-0.4, -0.2) is 56.4 Å². The van der Waals surface area contributed by atoms with Gasteiger partial charge in [0.25, 0.3) is 10.0 Å². The van der Waals surface area contributed by atoms with Gasteiger partial charge in [-0.2, -0.15) is 4.31 Å². The highest BCUT2D eigenvalue weighted by Gasteiger charge is 2.29. The highest BCUT2D eigenvalue weighted by atomic mass is 32.2. The summed E-state index contributed by atoms with van der Waals surface area (Å²) in [5, 5.41) is 2.84. The second kappa shape index (κ2) is 7.43. The fraction of sp³-hybridized carbons (Fsp3) is 0.643. The lowest BCUT2D eigenvalue weighted by Gasteiger charge is -2.21. The molecule has 0 bridgehead atoms. The van der Waals surface area contributed by atoms with Gasteiger partial charge >= 0.3 is 6.03 Å². The minimum Gasteiger partial charge on any atom is -0.338 e. The number of carbonyl (C=O) groups excluding carboxylic acids is 1. The number of rotatable bonds is 4. The van der Waals surface area contributed by atoms with Crippen molar-refractivity contribution >= 4 is 27.4 Å². The van der Waals surface area contributed by atoms with Crippen molar-refractivity contribution in [3.8, 4) is 0 Å². The third-order valence-electron chi connectivity index (χ3n) is 3.58. The van der Waals surface area contributed by atoms with E-state index in [1.165, 1.54) is 15.6 Å². The van der Waals surface area contributed by atoms with Gasteiger partial charge in [-0.3, -0.25) is 0 Å². The maximum Gasteiger partial charge on any atom is 0.317 e. The van der Waals surface area contributed by atoms with E-state index in [1.807, 2.05) is 19.9 Å². The minimum atomic E-state index is -3.44. The molecule has 2 rings (SSSR count). The molecule has 0 unspecified atom stereocenters. The minimum absolute atomic E-state index is 0.104. The average molecular weight is 345 g/mol. The van der Waals surface area contributed by atoms with Crippen molar-refractivity contribution in [2.75, 3.05) is 32.7 Å². The molecule has 0 aromatic carbocycles. The van der Waals surface area contributed by atoms with Gasteiger partial charge in [-0.25, -0.2) is 13.2 Å². The smallest absolute Gasteiger partial charge is 0.317 e. The van der Waals surface area contributed by atoms with Crippen LogP contribution in [0.25, 0.3) is 0 Å². The Balaban J connectivity index is 2.02. The van der Waals surface area contributed by atoms with Crippen LogP contribution in [0.5, 0.6) is 0 Å². The molecule has 2 heterocycles. The summed E-state index contributed by atoms with van der Waals surface area (Å²) >= 11 is 1.29. The molecule has 6 nitrogen and oxygen atoms in total. The average Bonchev–Trinajstić information content (AvgIpc) is 2.77. The van der Waals surface area contributed by atoms with Gasteiger partial charge in [0.1, 0.15) is 4.21 Å². The fourth-order valence-corrected chi connectivity index (χ4v) is 5.27. The van der Waals surface area contributed by atoms with E-state index >= 15 is 0 Å². The molecule has 1 aromatic rings. The van der Waals surface area contributed by atoms with Crippen molar-refractivity contribution in [2.45, 2.75) is 30.9 Å². The Labute approximate surface area is 136 Å². The highest BCUT2D eigenvalue weighted by Crippen LogP contribution is 2.25. The molecule has 0 spiro atoms. The van der Waals surface area contributed by atoms with Gasteiger partial charge < -0.3 is 10.2 Å². The molecular formula is C14H23N3O3S2. The summed E-state index contributed by atoms with van der Waals surface area (Å²) in [5.41, 5.74) is 0. The first kappa shape index (κ1) is 17.2. The summed E-state index contributed by atoms with van der Waals surface area (Å²) in [6.45, 7) is 6.36. The maximum absolute atomic E-state index is 12.6. The zero-order chi connectivity index (χ0) is 16.2. The van der Waals surface area contributed by atoms with E-state index in [-0.39, 0.29) is 6.03 Å². The van der Waals surface area contributed by atoms with Crippen molar-refractivity contribution in [1.29, 1.82) is 0 Å². The number of urea groups is 1. The Morgan fingerprint density at radius 2 is 2.05 bits per heavy atom. The highest BCUT2D eigenvalue weighted by molar-refractivity contribution is 7.91. The number of nitrogens with zero attached hydrogens (tertiary/aromatic N) is 2. The molecule has 1 saturated heterocycles. The Hall–Kier alpha value is -1.12. The van der Waals surface area contributed by atoms with Crippen LogP contribution < -0.4 is 5.32 Å². The van der Waals surface area contributed by atoms with Crippen LogP contribution >= 0.6 is 11.3 Å². The molecule has 0 atom stereocenters. The molecule has 0 aliphatic carbocycles. The van der Waals surface area contributed by atoms with E-state index in [0.717, 1.165) is 11.3 Å². The molecule has 2 amide bonds. The van der Waals surface area contributed by atoms with Crippen molar-refractivity contribution in [3.05, 3.63) is 17.0 Å². The van der Waals surface area contributed by atoms with Gasteiger partial charge in [0.15, 0.2) is 0 Å². The standard InChI is InChI=1S/C14H23N3O3S2/c1-3-7-15-14(18)16-8-4-9-17(11-10-16)22(19,20)13-6-5-12(2)21-13/h5-6H,3-4,7-11H2,1-2H3,(H,15,18). The number of thiophene rings is 1. The van der Waals surface area contributed by atoms with Crippen LogP contribution in [0, 0.1) is 6.92 Å². The molecule has 8 heteroatoms. The Morgan fingerprint density at radius 3 is 2.68 bits per heavy atom. The van der Waals surface area contributed by atoms with Gasteiger partial charge in [0.05, 0.1) is 0 Å². The molecule has 0 radical (unpaired) electrons. The largest absolute Gasteiger partial charge is 0.338 e. The third-order valence-corrected chi connectivity index (χ3v) is 6.94. The van der Waals surface area contributed by atoms with E-state index in [2.05, 4.69) is 5.32 Å². The topological polar surface area (TPSA) is 69.7 Å². The number of aryl methyl sites for hydroxylation is 1. The first-order chi connectivity index (χ1) is 10.4. The summed E-state index contributed by atoms with van der Waals surface area (Å²) < 4.78 is 27.1. The number of amides is 2. The van der Waals surface area contributed by atoms with Crippen molar-refractivity contribution in [1.82, 2.24) is 14.5 Å². The van der Waals surface area contributed by atoms with Gasteiger partial charge in [-0.1, -0.05) is 6.92 Å². The number of carbonyl (C=O) groups is 1. The molecule has 1 aliphatic heterocycles. The Morgan fingerprint density at radius 1 is 1.27 bits per heavy atom. The first-order valence-corrected chi connectivity index (χ1v) is 9.80. The zero-order valence-electron chi connectivity index (χ0n) is 13.0. The summed E-state index contributed by atoms with van der Waals surface area (Å²) in [7, 11) is -3.44. The molecule has 1 fully saturated rings.